The van der Waals surface area contributed by atoms with Crippen LogP contribution in [0.2, 0.25) is 0 Å². The van der Waals surface area contributed by atoms with Crippen LogP contribution in [0.4, 0.5) is 0 Å². The number of aromatic nitrogens is 2. The molecular weight excluding hydrogens is 242 g/mol. The van der Waals surface area contributed by atoms with Crippen molar-refractivity contribution in [3.8, 4) is 0 Å². The van der Waals surface area contributed by atoms with Gasteiger partial charge in [-0.15, -0.1) is 0 Å². The van der Waals surface area contributed by atoms with E-state index in [1.807, 2.05) is 18.7 Å². The molecule has 0 bridgehead atoms. The monoisotopic (exact) mass is 267 g/mol. The van der Waals surface area contributed by atoms with E-state index >= 15 is 0 Å². The summed E-state index contributed by atoms with van der Waals surface area (Å²) in [6, 6.07) is 2.10. The molecule has 0 spiro atoms. The highest BCUT2D eigenvalue weighted by Gasteiger charge is 2.14. The Bertz CT molecular complexity index is 401. The lowest BCUT2D eigenvalue weighted by Gasteiger charge is -2.20. The molecule has 1 rings (SSSR count). The minimum atomic E-state index is -0.158. The van der Waals surface area contributed by atoms with E-state index < -0.39 is 0 Å². The lowest BCUT2D eigenvalue weighted by atomic mass is 10.3. The minimum absolute atomic E-state index is 0.158. The summed E-state index contributed by atoms with van der Waals surface area (Å²) in [6.07, 6.45) is 1.94. The van der Waals surface area contributed by atoms with Crippen molar-refractivity contribution >= 4 is 5.97 Å². The second-order valence-corrected chi connectivity index (χ2v) is 4.62. The predicted molar refractivity (Wildman–Crippen MR) is 74.8 cm³/mol. The summed E-state index contributed by atoms with van der Waals surface area (Å²) in [5.41, 5.74) is 2.22. The first-order valence-corrected chi connectivity index (χ1v) is 7.00. The quantitative estimate of drug-likeness (QED) is 0.673. The van der Waals surface area contributed by atoms with Crippen LogP contribution < -0.4 is 0 Å². The summed E-state index contributed by atoms with van der Waals surface area (Å²) < 4.78 is 6.91. The van der Waals surface area contributed by atoms with Crippen LogP contribution in [0.5, 0.6) is 0 Å². The van der Waals surface area contributed by atoms with E-state index in [1.54, 1.807) is 0 Å². The Morgan fingerprint density at radius 2 is 2.16 bits per heavy atom. The van der Waals surface area contributed by atoms with Crippen LogP contribution in [0.3, 0.4) is 0 Å². The largest absolute Gasteiger partial charge is 0.465 e. The van der Waals surface area contributed by atoms with Crippen molar-refractivity contribution in [2.24, 2.45) is 7.05 Å². The summed E-state index contributed by atoms with van der Waals surface area (Å²) in [7, 11) is 1.95. The van der Waals surface area contributed by atoms with E-state index in [0.717, 1.165) is 37.3 Å². The molecule has 0 aliphatic heterocycles. The van der Waals surface area contributed by atoms with Gasteiger partial charge in [-0.25, -0.2) is 0 Å². The van der Waals surface area contributed by atoms with E-state index in [0.29, 0.717) is 13.2 Å². The molecule has 0 aliphatic rings. The molecular formula is C14H25N3O2. The van der Waals surface area contributed by atoms with Crippen molar-refractivity contribution in [3.63, 3.8) is 0 Å². The fourth-order valence-corrected chi connectivity index (χ4v) is 2.04. The number of nitrogens with zero attached hydrogens (tertiary/aromatic N) is 3. The van der Waals surface area contributed by atoms with E-state index in [1.165, 1.54) is 0 Å². The van der Waals surface area contributed by atoms with Gasteiger partial charge in [0, 0.05) is 13.6 Å². The fourth-order valence-electron chi connectivity index (χ4n) is 2.04. The van der Waals surface area contributed by atoms with Crippen molar-refractivity contribution < 1.29 is 9.53 Å². The van der Waals surface area contributed by atoms with Crippen molar-refractivity contribution in [2.75, 3.05) is 19.7 Å². The summed E-state index contributed by atoms with van der Waals surface area (Å²) in [5.74, 6) is -0.158. The Hall–Kier alpha value is -1.36. The maximum absolute atomic E-state index is 11.6. The maximum Gasteiger partial charge on any atom is 0.320 e. The molecule has 1 heterocycles. The van der Waals surface area contributed by atoms with E-state index in [2.05, 4.69) is 29.9 Å². The zero-order valence-corrected chi connectivity index (χ0v) is 12.5. The van der Waals surface area contributed by atoms with Crippen LogP contribution in [-0.4, -0.2) is 40.3 Å². The molecule has 1 aromatic rings. The SMILES string of the molecule is CCCN(CC(=O)OCC)Cc1cc(CC)nn1C. The van der Waals surface area contributed by atoms with E-state index in [9.17, 15) is 4.79 Å². The van der Waals surface area contributed by atoms with Gasteiger partial charge in [0.25, 0.3) is 0 Å². The highest BCUT2D eigenvalue weighted by molar-refractivity contribution is 5.71. The van der Waals surface area contributed by atoms with Crippen LogP contribution >= 0.6 is 0 Å². The van der Waals surface area contributed by atoms with Crippen LogP contribution in [-0.2, 0) is 29.5 Å². The van der Waals surface area contributed by atoms with Gasteiger partial charge >= 0.3 is 5.97 Å². The zero-order chi connectivity index (χ0) is 14.3. The Kier molecular flexibility index (Phi) is 6.56. The highest BCUT2D eigenvalue weighted by atomic mass is 16.5. The van der Waals surface area contributed by atoms with Crippen molar-refractivity contribution in [1.29, 1.82) is 0 Å². The maximum atomic E-state index is 11.6. The summed E-state index contributed by atoms with van der Waals surface area (Å²) in [6.45, 7) is 8.42. The van der Waals surface area contributed by atoms with Gasteiger partial charge in [-0.05, 0) is 32.4 Å². The van der Waals surface area contributed by atoms with Gasteiger partial charge in [0.2, 0.25) is 0 Å². The molecule has 0 unspecified atom stereocenters. The van der Waals surface area contributed by atoms with Crippen LogP contribution in [0.25, 0.3) is 0 Å². The van der Waals surface area contributed by atoms with Gasteiger partial charge in [0.15, 0.2) is 0 Å². The Balaban J connectivity index is 2.66. The third-order valence-electron chi connectivity index (χ3n) is 2.97. The molecule has 0 N–H and O–H groups in total. The van der Waals surface area contributed by atoms with Crippen LogP contribution in [0, 0.1) is 0 Å². The van der Waals surface area contributed by atoms with Gasteiger partial charge in [-0.2, -0.15) is 5.10 Å². The molecule has 108 valence electrons. The number of hydrogen-bond acceptors (Lipinski definition) is 4. The molecule has 5 nitrogen and oxygen atoms in total. The molecule has 0 fully saturated rings. The summed E-state index contributed by atoms with van der Waals surface area (Å²) in [4.78, 5) is 13.7. The van der Waals surface area contributed by atoms with Gasteiger partial charge in [0.05, 0.1) is 24.5 Å². The minimum Gasteiger partial charge on any atom is -0.465 e. The standard InChI is InChI=1S/C14H25N3O2/c1-5-8-17(11-14(18)19-7-3)10-13-9-12(6-2)15-16(13)4/h9H,5-8,10-11H2,1-4H3. The number of aryl methyl sites for hydroxylation is 2. The zero-order valence-electron chi connectivity index (χ0n) is 12.5. The Labute approximate surface area is 115 Å². The lowest BCUT2D eigenvalue weighted by molar-refractivity contribution is -0.144. The molecule has 0 amide bonds. The summed E-state index contributed by atoms with van der Waals surface area (Å²) >= 11 is 0. The molecule has 0 saturated heterocycles. The van der Waals surface area contributed by atoms with Crippen LogP contribution in [0.15, 0.2) is 6.07 Å². The molecule has 0 saturated carbocycles. The van der Waals surface area contributed by atoms with Gasteiger partial charge in [-0.3, -0.25) is 14.4 Å². The Morgan fingerprint density at radius 1 is 1.42 bits per heavy atom. The number of ether oxygens (including phenoxy) is 1. The fraction of sp³-hybridized carbons (Fsp3) is 0.714. The topological polar surface area (TPSA) is 47.4 Å². The second-order valence-electron chi connectivity index (χ2n) is 4.62. The number of carbonyl (C=O) groups excluding carboxylic acids is 1. The Morgan fingerprint density at radius 3 is 2.68 bits per heavy atom. The molecule has 19 heavy (non-hydrogen) atoms. The molecule has 5 heteroatoms. The van der Waals surface area contributed by atoms with Gasteiger partial charge in [-0.1, -0.05) is 13.8 Å². The number of esters is 1. The molecule has 0 atom stereocenters. The van der Waals surface area contributed by atoms with Gasteiger partial charge < -0.3 is 4.74 Å². The van der Waals surface area contributed by atoms with E-state index in [4.69, 9.17) is 4.74 Å². The number of rotatable bonds is 8. The predicted octanol–water partition coefficient (Wildman–Crippen LogP) is 1.76. The lowest BCUT2D eigenvalue weighted by Crippen LogP contribution is -2.32. The summed E-state index contributed by atoms with van der Waals surface area (Å²) in [5, 5.41) is 4.43. The molecule has 0 aliphatic carbocycles. The third kappa shape index (κ3) is 5.03. The molecule has 1 aromatic heterocycles. The average molecular weight is 267 g/mol. The van der Waals surface area contributed by atoms with Gasteiger partial charge in [0.1, 0.15) is 0 Å². The van der Waals surface area contributed by atoms with Crippen molar-refractivity contribution in [3.05, 3.63) is 17.5 Å². The van der Waals surface area contributed by atoms with Crippen LogP contribution in [0.1, 0.15) is 38.6 Å². The first-order valence-electron chi connectivity index (χ1n) is 7.00. The first-order chi connectivity index (χ1) is 9.10. The molecule has 0 aromatic carbocycles. The van der Waals surface area contributed by atoms with Crippen molar-refractivity contribution in [1.82, 2.24) is 14.7 Å². The normalized spacial score (nSPS) is 11.0. The smallest absolute Gasteiger partial charge is 0.320 e. The third-order valence-corrected chi connectivity index (χ3v) is 2.97. The number of hydrogen-bond donors (Lipinski definition) is 0. The highest BCUT2D eigenvalue weighted by Crippen LogP contribution is 2.08. The van der Waals surface area contributed by atoms with Crippen molar-refractivity contribution in [2.45, 2.75) is 40.2 Å². The van der Waals surface area contributed by atoms with E-state index in [-0.39, 0.29) is 5.97 Å². The number of carbonyl (C=O) groups is 1. The first kappa shape index (κ1) is 15.7. The molecule has 0 radical (unpaired) electrons. The second kappa shape index (κ2) is 7.94. The average Bonchev–Trinajstić information content (AvgIpc) is 2.71.